The van der Waals surface area contributed by atoms with Gasteiger partial charge in [-0.15, -0.1) is 0 Å². The topological polar surface area (TPSA) is 30.7 Å². The van der Waals surface area contributed by atoms with Crippen LogP contribution in [0.3, 0.4) is 0 Å². The number of pyridine rings is 1. The van der Waals surface area contributed by atoms with E-state index in [0.717, 1.165) is 17.8 Å². The fourth-order valence-corrected chi connectivity index (χ4v) is 2.27. The highest BCUT2D eigenvalue weighted by Crippen LogP contribution is 2.15. The van der Waals surface area contributed by atoms with E-state index >= 15 is 0 Å². The second-order valence-corrected chi connectivity index (χ2v) is 4.56. The molecular formula is C13H16ClN3. The van der Waals surface area contributed by atoms with Crippen molar-refractivity contribution in [2.75, 3.05) is 0 Å². The first-order chi connectivity index (χ1) is 8.11. The Morgan fingerprint density at radius 3 is 2.71 bits per heavy atom. The third kappa shape index (κ3) is 2.50. The van der Waals surface area contributed by atoms with Crippen LogP contribution >= 0.6 is 11.6 Å². The molecule has 0 saturated carbocycles. The van der Waals surface area contributed by atoms with E-state index in [2.05, 4.69) is 23.9 Å². The van der Waals surface area contributed by atoms with E-state index in [0.29, 0.717) is 11.6 Å². The third-order valence-electron chi connectivity index (χ3n) is 2.98. The summed E-state index contributed by atoms with van der Waals surface area (Å²) in [5, 5.41) is 5.25. The number of aromatic nitrogens is 3. The van der Waals surface area contributed by atoms with Gasteiger partial charge in [0.1, 0.15) is 0 Å². The first kappa shape index (κ1) is 12.1. The van der Waals surface area contributed by atoms with Gasteiger partial charge in [0.25, 0.3) is 0 Å². The Bertz CT molecular complexity index is 531. The summed E-state index contributed by atoms with van der Waals surface area (Å²) in [6, 6.07) is 3.66. The van der Waals surface area contributed by atoms with Gasteiger partial charge in [-0.1, -0.05) is 18.5 Å². The van der Waals surface area contributed by atoms with E-state index in [-0.39, 0.29) is 0 Å². The van der Waals surface area contributed by atoms with Crippen LogP contribution in [-0.2, 0) is 13.0 Å². The highest BCUT2D eigenvalue weighted by atomic mass is 35.5. The van der Waals surface area contributed by atoms with Crippen molar-refractivity contribution in [3.63, 3.8) is 0 Å². The van der Waals surface area contributed by atoms with Gasteiger partial charge in [-0.3, -0.25) is 9.67 Å². The lowest BCUT2D eigenvalue weighted by Crippen LogP contribution is -2.05. The minimum Gasteiger partial charge on any atom is -0.263 e. The van der Waals surface area contributed by atoms with Gasteiger partial charge in [-0.05, 0) is 38.0 Å². The van der Waals surface area contributed by atoms with Crippen molar-refractivity contribution in [2.24, 2.45) is 0 Å². The average molecular weight is 250 g/mol. The molecule has 90 valence electrons. The average Bonchev–Trinajstić information content (AvgIpc) is 2.54. The maximum Gasteiger partial charge on any atom is 0.0835 e. The summed E-state index contributed by atoms with van der Waals surface area (Å²) in [6.45, 7) is 6.98. The molecule has 2 rings (SSSR count). The zero-order chi connectivity index (χ0) is 12.4. The van der Waals surface area contributed by atoms with E-state index in [1.54, 1.807) is 12.3 Å². The highest BCUT2D eigenvalue weighted by molar-refractivity contribution is 6.30. The minimum absolute atomic E-state index is 0.674. The quantitative estimate of drug-likeness (QED) is 0.837. The molecule has 0 unspecified atom stereocenters. The molecule has 0 N–H and O–H groups in total. The molecule has 0 fully saturated rings. The molecule has 0 aliphatic carbocycles. The fraction of sp³-hybridized carbons (Fsp3) is 0.385. The lowest BCUT2D eigenvalue weighted by atomic mass is 10.1. The number of nitrogens with zero attached hydrogens (tertiary/aromatic N) is 3. The van der Waals surface area contributed by atoms with Crippen LogP contribution in [0.2, 0.25) is 5.02 Å². The number of hydrogen-bond acceptors (Lipinski definition) is 2. The van der Waals surface area contributed by atoms with E-state index in [9.17, 15) is 0 Å². The molecule has 0 radical (unpaired) electrons. The Hall–Kier alpha value is -1.35. The molecule has 0 amide bonds. The standard InChI is InChI=1S/C13H16ClN3/c1-4-13-9(2)16-17(10(13)3)8-12-7-11(14)5-6-15-12/h5-7H,4,8H2,1-3H3. The monoisotopic (exact) mass is 249 g/mol. The van der Waals surface area contributed by atoms with Crippen LogP contribution in [0, 0.1) is 13.8 Å². The van der Waals surface area contributed by atoms with Gasteiger partial charge in [0.2, 0.25) is 0 Å². The van der Waals surface area contributed by atoms with Crippen LogP contribution in [0.25, 0.3) is 0 Å². The number of aryl methyl sites for hydroxylation is 1. The van der Waals surface area contributed by atoms with Crippen molar-refractivity contribution < 1.29 is 0 Å². The van der Waals surface area contributed by atoms with Crippen LogP contribution in [0.5, 0.6) is 0 Å². The molecule has 0 bridgehead atoms. The largest absolute Gasteiger partial charge is 0.263 e. The van der Waals surface area contributed by atoms with Crippen molar-refractivity contribution in [3.05, 3.63) is 46.0 Å². The Morgan fingerprint density at radius 2 is 2.12 bits per heavy atom. The molecule has 0 aromatic carbocycles. The van der Waals surface area contributed by atoms with Crippen molar-refractivity contribution >= 4 is 11.6 Å². The zero-order valence-corrected chi connectivity index (χ0v) is 11.1. The molecule has 0 saturated heterocycles. The Kier molecular flexibility index (Phi) is 3.48. The molecule has 17 heavy (non-hydrogen) atoms. The summed E-state index contributed by atoms with van der Waals surface area (Å²) in [5.41, 5.74) is 4.58. The number of rotatable bonds is 3. The minimum atomic E-state index is 0.674. The summed E-state index contributed by atoms with van der Waals surface area (Å²) in [7, 11) is 0. The first-order valence-corrected chi connectivity index (χ1v) is 6.13. The van der Waals surface area contributed by atoms with Crippen molar-refractivity contribution in [2.45, 2.75) is 33.7 Å². The number of halogens is 1. The fourth-order valence-electron chi connectivity index (χ4n) is 2.09. The van der Waals surface area contributed by atoms with Crippen LogP contribution in [0.4, 0.5) is 0 Å². The van der Waals surface area contributed by atoms with Gasteiger partial charge in [-0.25, -0.2) is 0 Å². The van der Waals surface area contributed by atoms with E-state index in [1.807, 2.05) is 17.7 Å². The molecule has 2 heterocycles. The summed E-state index contributed by atoms with van der Waals surface area (Å²) >= 11 is 5.94. The second-order valence-electron chi connectivity index (χ2n) is 4.13. The Balaban J connectivity index is 2.30. The molecule has 0 aliphatic heterocycles. The van der Waals surface area contributed by atoms with Crippen molar-refractivity contribution in [3.8, 4) is 0 Å². The lowest BCUT2D eigenvalue weighted by molar-refractivity contribution is 0.646. The summed E-state index contributed by atoms with van der Waals surface area (Å²) in [5.74, 6) is 0. The van der Waals surface area contributed by atoms with E-state index in [4.69, 9.17) is 11.6 Å². The van der Waals surface area contributed by atoms with Crippen LogP contribution in [0.1, 0.15) is 29.6 Å². The summed E-state index contributed by atoms with van der Waals surface area (Å²) in [6.07, 6.45) is 2.74. The van der Waals surface area contributed by atoms with Crippen LogP contribution in [-0.4, -0.2) is 14.8 Å². The highest BCUT2D eigenvalue weighted by Gasteiger charge is 2.10. The molecular weight excluding hydrogens is 234 g/mol. The summed E-state index contributed by atoms with van der Waals surface area (Å²) < 4.78 is 1.99. The predicted molar refractivity (Wildman–Crippen MR) is 69.4 cm³/mol. The molecule has 3 nitrogen and oxygen atoms in total. The van der Waals surface area contributed by atoms with Gasteiger partial charge in [0, 0.05) is 16.9 Å². The predicted octanol–water partition coefficient (Wildman–Crippen LogP) is 3.16. The Morgan fingerprint density at radius 1 is 1.35 bits per heavy atom. The lowest BCUT2D eigenvalue weighted by Gasteiger charge is -2.04. The van der Waals surface area contributed by atoms with Gasteiger partial charge < -0.3 is 0 Å². The van der Waals surface area contributed by atoms with Crippen LogP contribution < -0.4 is 0 Å². The first-order valence-electron chi connectivity index (χ1n) is 5.75. The normalized spacial score (nSPS) is 10.8. The molecule has 4 heteroatoms. The van der Waals surface area contributed by atoms with Gasteiger partial charge in [-0.2, -0.15) is 5.10 Å². The third-order valence-corrected chi connectivity index (χ3v) is 3.21. The Labute approximate surface area is 106 Å². The van der Waals surface area contributed by atoms with Gasteiger partial charge >= 0.3 is 0 Å². The molecule has 0 aliphatic rings. The van der Waals surface area contributed by atoms with Gasteiger partial charge in [0.05, 0.1) is 17.9 Å². The van der Waals surface area contributed by atoms with Crippen LogP contribution in [0.15, 0.2) is 18.3 Å². The molecule has 2 aromatic rings. The molecule has 0 atom stereocenters. The SMILES string of the molecule is CCc1c(C)nn(Cc2cc(Cl)ccn2)c1C. The second kappa shape index (κ2) is 4.88. The van der Waals surface area contributed by atoms with Crippen molar-refractivity contribution in [1.82, 2.24) is 14.8 Å². The molecule has 2 aromatic heterocycles. The maximum atomic E-state index is 5.94. The smallest absolute Gasteiger partial charge is 0.0835 e. The summed E-state index contributed by atoms with van der Waals surface area (Å²) in [4.78, 5) is 4.30. The van der Waals surface area contributed by atoms with E-state index < -0.39 is 0 Å². The molecule has 0 spiro atoms. The number of hydrogen-bond donors (Lipinski definition) is 0. The zero-order valence-electron chi connectivity index (χ0n) is 10.4. The van der Waals surface area contributed by atoms with Crippen molar-refractivity contribution in [1.29, 1.82) is 0 Å². The van der Waals surface area contributed by atoms with E-state index in [1.165, 1.54) is 11.3 Å². The van der Waals surface area contributed by atoms with Gasteiger partial charge in [0.15, 0.2) is 0 Å². The maximum absolute atomic E-state index is 5.94.